The van der Waals surface area contributed by atoms with E-state index in [1.165, 1.54) is 38.5 Å². The lowest BCUT2D eigenvalue weighted by atomic mass is 9.82. The van der Waals surface area contributed by atoms with Crippen molar-refractivity contribution in [3.8, 4) is 0 Å². The molecule has 2 aromatic rings. The summed E-state index contributed by atoms with van der Waals surface area (Å²) in [6, 6.07) is 8.49. The molecule has 2 saturated heterocycles. The number of aromatic nitrogens is 1. The van der Waals surface area contributed by atoms with Crippen LogP contribution < -0.4 is 15.9 Å². The Morgan fingerprint density at radius 1 is 1.05 bits per heavy atom. The molecule has 1 aromatic heterocycles. The van der Waals surface area contributed by atoms with E-state index in [1.54, 1.807) is 13.2 Å². The summed E-state index contributed by atoms with van der Waals surface area (Å²) in [5.41, 5.74) is 1.52. The number of methoxy groups -OCH3 is 1. The van der Waals surface area contributed by atoms with Gasteiger partial charge in [0.2, 0.25) is 0 Å². The van der Waals surface area contributed by atoms with Gasteiger partial charge >= 0.3 is 0 Å². The second kappa shape index (κ2) is 13.6. The van der Waals surface area contributed by atoms with E-state index in [0.29, 0.717) is 35.4 Å². The van der Waals surface area contributed by atoms with E-state index >= 15 is 0 Å². The number of nitrogens with zero attached hydrogens (tertiary/aromatic N) is 2. The molecular weight excluding hydrogens is 558 g/mol. The molecule has 3 fully saturated rings. The Hall–Kier alpha value is -2.57. The molecule has 232 valence electrons. The van der Waals surface area contributed by atoms with Gasteiger partial charge in [-0.3, -0.25) is 14.5 Å². The fourth-order valence-corrected chi connectivity index (χ4v) is 8.76. The third-order valence-electron chi connectivity index (χ3n) is 10.6. The number of benzene rings is 1. The van der Waals surface area contributed by atoms with Gasteiger partial charge in [0.25, 0.3) is 5.91 Å². The third-order valence-corrected chi connectivity index (χ3v) is 10.8. The molecule has 6 nitrogen and oxygen atoms in total. The number of aryl methyl sites for hydroxylation is 1. The van der Waals surface area contributed by atoms with Gasteiger partial charge in [0.15, 0.2) is 5.78 Å². The Bertz CT molecular complexity index is 1430. The lowest BCUT2D eigenvalue weighted by Crippen LogP contribution is -2.44. The van der Waals surface area contributed by atoms with E-state index in [1.807, 2.05) is 18.2 Å². The van der Waals surface area contributed by atoms with Crippen molar-refractivity contribution in [1.29, 1.82) is 0 Å². The maximum atomic E-state index is 13.4. The molecule has 1 aromatic carbocycles. The molecule has 2 aliphatic carbocycles. The van der Waals surface area contributed by atoms with Gasteiger partial charge in [-0.1, -0.05) is 49.6 Å². The first-order valence-electron chi connectivity index (χ1n) is 16.7. The van der Waals surface area contributed by atoms with Crippen molar-refractivity contribution in [2.45, 2.75) is 103 Å². The Labute approximate surface area is 261 Å². The number of carbonyl (C=O) groups excluding carboxylic acids is 2. The fourth-order valence-electron chi connectivity index (χ4n) is 8.57. The van der Waals surface area contributed by atoms with Crippen LogP contribution in [-0.2, 0) is 11.3 Å². The summed E-state index contributed by atoms with van der Waals surface area (Å²) in [4.78, 5) is 29.1. The number of hydrogen-bond acceptors (Lipinski definition) is 4. The summed E-state index contributed by atoms with van der Waals surface area (Å²) in [6.07, 6.45) is 17.4. The fraction of sp³-hybridized carbons (Fsp3) is 0.611. The number of ether oxygens (including phenoxy) is 1. The zero-order valence-electron chi connectivity index (χ0n) is 26.0. The average molecular weight is 606 g/mol. The number of hydrogen-bond donors (Lipinski definition) is 1. The molecule has 3 unspecified atom stereocenters. The molecule has 7 heteroatoms. The van der Waals surface area contributed by atoms with Crippen LogP contribution in [0.15, 0.2) is 30.5 Å². The van der Waals surface area contributed by atoms with Gasteiger partial charge in [-0.05, 0) is 81.3 Å². The predicted octanol–water partition coefficient (Wildman–Crippen LogP) is 5.93. The maximum absolute atomic E-state index is 13.4. The van der Waals surface area contributed by atoms with Crippen molar-refractivity contribution in [3.05, 3.63) is 57.2 Å². The van der Waals surface area contributed by atoms with Gasteiger partial charge in [0, 0.05) is 66.6 Å². The van der Waals surface area contributed by atoms with Crippen molar-refractivity contribution in [2.75, 3.05) is 20.2 Å². The Balaban J connectivity index is 1.08. The Morgan fingerprint density at radius 3 is 2.60 bits per heavy atom. The van der Waals surface area contributed by atoms with E-state index < -0.39 is 0 Å². The monoisotopic (exact) mass is 605 g/mol. The van der Waals surface area contributed by atoms with Crippen molar-refractivity contribution < 1.29 is 14.3 Å². The summed E-state index contributed by atoms with van der Waals surface area (Å²) in [5.74, 6) is 3.05. The molecule has 1 N–H and O–H groups in total. The normalized spacial score (nSPS) is 27.0. The number of carbonyl (C=O) groups is 2. The number of halogens is 1. The Morgan fingerprint density at radius 2 is 1.86 bits per heavy atom. The minimum absolute atomic E-state index is 0.0502. The molecule has 43 heavy (non-hydrogen) atoms. The maximum Gasteiger partial charge on any atom is 0.253 e. The van der Waals surface area contributed by atoms with E-state index in [-0.39, 0.29) is 11.7 Å². The molecule has 2 bridgehead atoms. The number of fused-ring (bicyclic) bond motifs is 3. The molecule has 1 amide bonds. The van der Waals surface area contributed by atoms with Crippen LogP contribution in [0, 0.1) is 17.8 Å². The number of piperidine rings is 1. The van der Waals surface area contributed by atoms with Crippen LogP contribution >= 0.6 is 11.6 Å². The first kappa shape index (κ1) is 30.5. The average Bonchev–Trinajstić information content (AvgIpc) is 3.49. The molecule has 0 radical (unpaired) electrons. The molecule has 5 atom stereocenters. The predicted molar refractivity (Wildman–Crippen MR) is 173 cm³/mol. The van der Waals surface area contributed by atoms with Gasteiger partial charge in [-0.15, -0.1) is 0 Å². The highest BCUT2D eigenvalue weighted by Crippen LogP contribution is 2.40. The lowest BCUT2D eigenvalue weighted by Gasteiger charge is -2.39. The molecule has 1 saturated carbocycles. The number of ketones is 1. The van der Waals surface area contributed by atoms with Crippen LogP contribution in [0.4, 0.5) is 0 Å². The highest BCUT2D eigenvalue weighted by Gasteiger charge is 2.40. The van der Waals surface area contributed by atoms with E-state index in [4.69, 9.17) is 16.3 Å². The van der Waals surface area contributed by atoms with Gasteiger partial charge < -0.3 is 14.6 Å². The first-order chi connectivity index (χ1) is 20.9. The minimum atomic E-state index is 0.0502. The molecule has 4 aliphatic rings. The topological polar surface area (TPSA) is 63.6 Å². The minimum Gasteiger partial charge on any atom is -0.499 e. The standard InChI is InChI=1S/C36H48ClN3O3/c1-24-7-3-8-25(17-24)22-38-36(42)32-23-39(35-31(32)11-5-12-34(35)43-2)15-6-16-40-29-13-14-30(40)19-26(18-29)20-33(41)27-9-4-10-28(37)21-27/h4,9-11,21,23-26,29-30H,3,5-8,12-20,22H2,1-2H3,(H,38,42)/t24?,25?,26?,29-,30+. The SMILES string of the molecule is COC1=c2c(c(C(=O)NCC3CCCC(C)C3)cn2CCCN2[C@@H]3CC[C@H]2CC(CC(=O)c2cccc(Cl)c2)C3)=CCC1. The molecular formula is C36H48ClN3O3. The highest BCUT2D eigenvalue weighted by atomic mass is 35.5. The second-order valence-corrected chi connectivity index (χ2v) is 14.1. The Kier molecular flexibility index (Phi) is 9.63. The van der Waals surface area contributed by atoms with E-state index in [9.17, 15) is 9.59 Å². The van der Waals surface area contributed by atoms with E-state index in [0.717, 1.165) is 85.1 Å². The number of nitrogens with one attached hydrogen (secondary N) is 1. The lowest BCUT2D eigenvalue weighted by molar-refractivity contribution is 0.0806. The van der Waals surface area contributed by atoms with Gasteiger partial charge in [-0.2, -0.15) is 0 Å². The van der Waals surface area contributed by atoms with Crippen molar-refractivity contribution in [2.24, 2.45) is 17.8 Å². The van der Waals surface area contributed by atoms with Gasteiger partial charge in [0.05, 0.1) is 18.0 Å². The highest BCUT2D eigenvalue weighted by molar-refractivity contribution is 6.31. The molecule has 2 aliphatic heterocycles. The smallest absolute Gasteiger partial charge is 0.253 e. The molecule has 3 heterocycles. The van der Waals surface area contributed by atoms with Crippen LogP contribution in [0.2, 0.25) is 5.02 Å². The zero-order chi connectivity index (χ0) is 29.9. The van der Waals surface area contributed by atoms with Crippen LogP contribution in [-0.4, -0.2) is 53.4 Å². The summed E-state index contributed by atoms with van der Waals surface area (Å²) < 4.78 is 8.12. The summed E-state index contributed by atoms with van der Waals surface area (Å²) in [7, 11) is 1.75. The van der Waals surface area contributed by atoms with Crippen LogP contribution in [0.1, 0.15) is 105 Å². The van der Waals surface area contributed by atoms with Gasteiger partial charge in [-0.25, -0.2) is 0 Å². The molecule has 6 rings (SSSR count). The van der Waals surface area contributed by atoms with Crippen LogP contribution in [0.5, 0.6) is 0 Å². The van der Waals surface area contributed by atoms with Crippen LogP contribution in [0.3, 0.4) is 0 Å². The largest absolute Gasteiger partial charge is 0.499 e. The van der Waals surface area contributed by atoms with Gasteiger partial charge in [0.1, 0.15) is 5.76 Å². The number of Topliss-reactive ketones (excluding diaryl/α,β-unsaturated/α-hetero) is 1. The van der Waals surface area contributed by atoms with Crippen LogP contribution in [0.25, 0.3) is 11.8 Å². The molecule has 0 spiro atoms. The van der Waals surface area contributed by atoms with Crippen molar-refractivity contribution in [1.82, 2.24) is 14.8 Å². The quantitative estimate of drug-likeness (QED) is 0.322. The first-order valence-corrected chi connectivity index (χ1v) is 17.1. The zero-order valence-corrected chi connectivity index (χ0v) is 26.7. The summed E-state index contributed by atoms with van der Waals surface area (Å²) in [6.45, 7) is 5.01. The number of amides is 1. The second-order valence-electron chi connectivity index (χ2n) is 13.7. The van der Waals surface area contributed by atoms with E-state index in [2.05, 4.69) is 34.0 Å². The summed E-state index contributed by atoms with van der Waals surface area (Å²) in [5, 5.41) is 6.04. The number of rotatable bonds is 11. The van der Waals surface area contributed by atoms with Crippen molar-refractivity contribution >= 4 is 35.1 Å². The third kappa shape index (κ3) is 6.91. The summed E-state index contributed by atoms with van der Waals surface area (Å²) >= 11 is 6.13. The van der Waals surface area contributed by atoms with Crippen molar-refractivity contribution in [3.63, 3.8) is 0 Å².